The molecule has 0 aliphatic heterocycles. The molecule has 0 saturated carbocycles. The number of nitrogens with zero attached hydrogens (tertiary/aromatic N) is 3. The van der Waals surface area contributed by atoms with Crippen LogP contribution in [-0.4, -0.2) is 32.8 Å². The van der Waals surface area contributed by atoms with Gasteiger partial charge in [0.05, 0.1) is 13.5 Å². The third-order valence-electron chi connectivity index (χ3n) is 4.92. The van der Waals surface area contributed by atoms with Gasteiger partial charge in [-0.25, -0.2) is 0 Å². The van der Waals surface area contributed by atoms with Crippen molar-refractivity contribution in [2.45, 2.75) is 19.3 Å². The van der Waals surface area contributed by atoms with E-state index in [0.717, 1.165) is 34.5 Å². The van der Waals surface area contributed by atoms with Crippen LogP contribution in [0.4, 0.5) is 5.95 Å². The maximum absolute atomic E-state index is 12.5. The Morgan fingerprint density at radius 3 is 2.72 bits per heavy atom. The number of benzene rings is 2. The summed E-state index contributed by atoms with van der Waals surface area (Å²) in [6.07, 6.45) is 3.79. The third kappa shape index (κ3) is 4.29. The SMILES string of the molecule is COc1ccc(CCc2nc(NC(=O)Cc3cn(C)c4ccccc34)n[nH]2)cc1. The van der Waals surface area contributed by atoms with Gasteiger partial charge in [0.15, 0.2) is 0 Å². The van der Waals surface area contributed by atoms with Crippen molar-refractivity contribution in [1.29, 1.82) is 0 Å². The molecule has 0 atom stereocenters. The van der Waals surface area contributed by atoms with Crippen LogP contribution in [0.2, 0.25) is 0 Å². The van der Waals surface area contributed by atoms with Crippen molar-refractivity contribution in [3.63, 3.8) is 0 Å². The van der Waals surface area contributed by atoms with Crippen molar-refractivity contribution in [2.24, 2.45) is 7.05 Å². The standard InChI is InChI=1S/C22H23N5O2/c1-27-14-16(18-5-3-4-6-19(18)27)13-21(28)24-22-23-20(25-26-22)12-9-15-7-10-17(29-2)11-8-15/h3-8,10-11,14H,9,12-13H2,1-2H3,(H2,23,24,25,26,28). The summed E-state index contributed by atoms with van der Waals surface area (Å²) in [6, 6.07) is 16.0. The van der Waals surface area contributed by atoms with Gasteiger partial charge < -0.3 is 9.30 Å². The fraction of sp³-hybridized carbons (Fsp3) is 0.227. The Morgan fingerprint density at radius 1 is 1.14 bits per heavy atom. The number of fused-ring (bicyclic) bond motifs is 1. The van der Waals surface area contributed by atoms with Gasteiger partial charge in [-0.3, -0.25) is 15.2 Å². The van der Waals surface area contributed by atoms with E-state index < -0.39 is 0 Å². The number of carbonyl (C=O) groups is 1. The quantitative estimate of drug-likeness (QED) is 0.508. The Kier molecular flexibility index (Phi) is 5.29. The smallest absolute Gasteiger partial charge is 0.248 e. The number of amides is 1. The largest absolute Gasteiger partial charge is 0.497 e. The summed E-state index contributed by atoms with van der Waals surface area (Å²) < 4.78 is 7.20. The molecule has 148 valence electrons. The van der Waals surface area contributed by atoms with Crippen LogP contribution in [0.5, 0.6) is 5.75 Å². The number of hydrogen-bond donors (Lipinski definition) is 2. The molecule has 0 aliphatic rings. The highest BCUT2D eigenvalue weighted by Crippen LogP contribution is 2.21. The van der Waals surface area contributed by atoms with E-state index in [0.29, 0.717) is 12.4 Å². The van der Waals surface area contributed by atoms with Gasteiger partial charge in [0, 0.05) is 30.6 Å². The molecule has 0 bridgehead atoms. The third-order valence-corrected chi connectivity index (χ3v) is 4.92. The van der Waals surface area contributed by atoms with E-state index in [9.17, 15) is 4.79 Å². The molecule has 7 heteroatoms. The minimum absolute atomic E-state index is 0.137. The van der Waals surface area contributed by atoms with Crippen LogP contribution in [0.15, 0.2) is 54.7 Å². The molecular weight excluding hydrogens is 366 g/mol. The van der Waals surface area contributed by atoms with E-state index in [-0.39, 0.29) is 12.3 Å². The number of rotatable bonds is 7. The van der Waals surface area contributed by atoms with E-state index >= 15 is 0 Å². The first-order valence-electron chi connectivity index (χ1n) is 9.49. The number of aromatic nitrogens is 4. The van der Waals surface area contributed by atoms with Crippen LogP contribution in [-0.2, 0) is 31.1 Å². The molecule has 0 fully saturated rings. The van der Waals surface area contributed by atoms with Gasteiger partial charge >= 0.3 is 0 Å². The van der Waals surface area contributed by atoms with Gasteiger partial charge in [0.1, 0.15) is 11.6 Å². The summed E-state index contributed by atoms with van der Waals surface area (Å²) in [7, 11) is 3.63. The number of ether oxygens (including phenoxy) is 1. The van der Waals surface area contributed by atoms with Crippen molar-refractivity contribution in [3.05, 3.63) is 71.7 Å². The average molecular weight is 389 g/mol. The van der Waals surface area contributed by atoms with Crippen LogP contribution in [0.3, 0.4) is 0 Å². The second kappa shape index (κ2) is 8.18. The van der Waals surface area contributed by atoms with Gasteiger partial charge in [-0.05, 0) is 35.7 Å². The summed E-state index contributed by atoms with van der Waals surface area (Å²) >= 11 is 0. The Labute approximate surface area is 168 Å². The van der Waals surface area contributed by atoms with E-state index in [1.807, 2.05) is 66.3 Å². The zero-order valence-electron chi connectivity index (χ0n) is 16.5. The molecule has 2 aromatic heterocycles. The number of aromatic amines is 1. The summed E-state index contributed by atoms with van der Waals surface area (Å²) in [5.74, 6) is 1.74. The Bertz CT molecular complexity index is 1130. The Morgan fingerprint density at radius 2 is 1.93 bits per heavy atom. The summed E-state index contributed by atoms with van der Waals surface area (Å²) in [5.41, 5.74) is 3.27. The van der Waals surface area contributed by atoms with Gasteiger partial charge in [-0.15, -0.1) is 5.10 Å². The predicted octanol–water partition coefficient (Wildman–Crippen LogP) is 3.27. The van der Waals surface area contributed by atoms with Crippen molar-refractivity contribution < 1.29 is 9.53 Å². The van der Waals surface area contributed by atoms with Crippen LogP contribution in [0, 0.1) is 0 Å². The molecule has 0 saturated heterocycles. The van der Waals surface area contributed by atoms with E-state index in [1.165, 1.54) is 5.56 Å². The van der Waals surface area contributed by atoms with Crippen molar-refractivity contribution in [3.8, 4) is 5.75 Å². The number of para-hydroxylation sites is 1. The lowest BCUT2D eigenvalue weighted by Crippen LogP contribution is -2.15. The Hall–Kier alpha value is -3.61. The number of carbonyl (C=O) groups excluding carboxylic acids is 1. The van der Waals surface area contributed by atoms with E-state index in [1.54, 1.807) is 7.11 Å². The summed E-state index contributed by atoms with van der Waals surface area (Å²) in [4.78, 5) is 16.8. The molecule has 29 heavy (non-hydrogen) atoms. The molecule has 7 nitrogen and oxygen atoms in total. The number of hydrogen-bond acceptors (Lipinski definition) is 4. The van der Waals surface area contributed by atoms with Crippen molar-refractivity contribution >= 4 is 22.8 Å². The topological polar surface area (TPSA) is 84.8 Å². The number of nitrogens with one attached hydrogen (secondary N) is 2. The van der Waals surface area contributed by atoms with Crippen molar-refractivity contribution in [2.75, 3.05) is 12.4 Å². The molecule has 2 heterocycles. The summed E-state index contributed by atoms with van der Waals surface area (Å²) in [6.45, 7) is 0. The normalized spacial score (nSPS) is 11.0. The van der Waals surface area contributed by atoms with Gasteiger partial charge in [-0.1, -0.05) is 30.3 Å². The lowest BCUT2D eigenvalue weighted by molar-refractivity contribution is -0.115. The highest BCUT2D eigenvalue weighted by molar-refractivity contribution is 5.94. The maximum Gasteiger partial charge on any atom is 0.248 e. The summed E-state index contributed by atoms with van der Waals surface area (Å²) in [5, 5.41) is 10.9. The predicted molar refractivity (Wildman–Crippen MR) is 112 cm³/mol. The second-order valence-electron chi connectivity index (χ2n) is 6.96. The minimum Gasteiger partial charge on any atom is -0.497 e. The van der Waals surface area contributed by atoms with Gasteiger partial charge in [0.25, 0.3) is 0 Å². The fourth-order valence-corrected chi connectivity index (χ4v) is 3.43. The minimum atomic E-state index is -0.137. The number of methoxy groups -OCH3 is 1. The maximum atomic E-state index is 12.5. The fourth-order valence-electron chi connectivity index (χ4n) is 3.43. The number of aryl methyl sites for hydroxylation is 3. The zero-order valence-corrected chi connectivity index (χ0v) is 16.5. The van der Waals surface area contributed by atoms with E-state index in [2.05, 4.69) is 20.5 Å². The molecule has 0 radical (unpaired) electrons. The number of H-pyrrole nitrogens is 1. The molecule has 4 rings (SSSR count). The van der Waals surface area contributed by atoms with Crippen LogP contribution in [0.1, 0.15) is 17.0 Å². The first-order valence-corrected chi connectivity index (χ1v) is 9.49. The first kappa shape index (κ1) is 18.7. The Balaban J connectivity index is 1.35. The molecule has 4 aromatic rings. The molecule has 1 amide bonds. The highest BCUT2D eigenvalue weighted by Gasteiger charge is 2.12. The average Bonchev–Trinajstić information content (AvgIpc) is 3.31. The number of anilines is 1. The second-order valence-corrected chi connectivity index (χ2v) is 6.96. The molecule has 2 aromatic carbocycles. The lowest BCUT2D eigenvalue weighted by atomic mass is 10.1. The van der Waals surface area contributed by atoms with E-state index in [4.69, 9.17) is 4.74 Å². The molecule has 0 unspecified atom stereocenters. The van der Waals surface area contributed by atoms with Crippen LogP contribution < -0.4 is 10.1 Å². The lowest BCUT2D eigenvalue weighted by Gasteiger charge is -2.02. The van der Waals surface area contributed by atoms with Crippen LogP contribution >= 0.6 is 0 Å². The molecule has 0 aliphatic carbocycles. The van der Waals surface area contributed by atoms with Crippen molar-refractivity contribution in [1.82, 2.24) is 19.7 Å². The molecule has 2 N–H and O–H groups in total. The zero-order chi connectivity index (χ0) is 20.2. The monoisotopic (exact) mass is 389 g/mol. The first-order chi connectivity index (χ1) is 14.1. The van der Waals surface area contributed by atoms with Crippen LogP contribution in [0.25, 0.3) is 10.9 Å². The molecular formula is C22H23N5O2. The van der Waals surface area contributed by atoms with Gasteiger partial charge in [-0.2, -0.15) is 4.98 Å². The highest BCUT2D eigenvalue weighted by atomic mass is 16.5. The molecule has 0 spiro atoms. The van der Waals surface area contributed by atoms with Gasteiger partial charge in [0.2, 0.25) is 11.9 Å².